The topological polar surface area (TPSA) is 38.4 Å². The maximum absolute atomic E-state index is 6.02. The molecule has 3 heteroatoms. The van der Waals surface area contributed by atoms with E-state index in [1.807, 2.05) is 0 Å². The number of thioether (sulfide) groups is 1. The van der Waals surface area contributed by atoms with Crippen molar-refractivity contribution in [2.75, 3.05) is 5.75 Å². The maximum Gasteiger partial charge on any atom is 0.154 e. The standard InChI is InChI=1S/C21H24N2S/c1-21(12-13-24-20(22)23-21)19-11-10-18(19)17-9-5-8-16(14-17)15-6-3-2-4-7-15/h2-9,14,18-19H,10-13H2,1H3,(H2,22,23). The molecule has 4 rings (SSSR count). The maximum atomic E-state index is 6.02. The van der Waals surface area contributed by atoms with Crippen LogP contribution in [0.5, 0.6) is 0 Å². The Morgan fingerprint density at radius 2 is 1.83 bits per heavy atom. The third-order valence-electron chi connectivity index (χ3n) is 5.72. The molecule has 1 fully saturated rings. The first-order chi connectivity index (χ1) is 11.7. The number of nitrogens with zero attached hydrogens (tertiary/aromatic N) is 1. The molecular formula is C21H24N2S. The van der Waals surface area contributed by atoms with Gasteiger partial charge in [-0.3, -0.25) is 4.99 Å². The van der Waals surface area contributed by atoms with Gasteiger partial charge in [0.2, 0.25) is 0 Å². The molecule has 0 bridgehead atoms. The Labute approximate surface area is 148 Å². The van der Waals surface area contributed by atoms with E-state index in [0.29, 0.717) is 11.8 Å². The van der Waals surface area contributed by atoms with E-state index in [4.69, 9.17) is 10.7 Å². The Bertz CT molecular complexity index is 755. The third-order valence-corrected chi connectivity index (χ3v) is 6.51. The first-order valence-corrected chi connectivity index (χ1v) is 9.78. The molecule has 1 saturated carbocycles. The zero-order valence-electron chi connectivity index (χ0n) is 14.1. The summed E-state index contributed by atoms with van der Waals surface area (Å²) in [5.41, 5.74) is 10.1. The smallest absolute Gasteiger partial charge is 0.154 e. The van der Waals surface area contributed by atoms with Gasteiger partial charge in [-0.25, -0.2) is 0 Å². The monoisotopic (exact) mass is 336 g/mol. The Balaban J connectivity index is 1.62. The molecule has 124 valence electrons. The van der Waals surface area contributed by atoms with Crippen molar-refractivity contribution in [1.29, 1.82) is 0 Å². The van der Waals surface area contributed by atoms with Gasteiger partial charge in [0.1, 0.15) is 0 Å². The molecule has 0 radical (unpaired) electrons. The van der Waals surface area contributed by atoms with Crippen LogP contribution in [0.3, 0.4) is 0 Å². The van der Waals surface area contributed by atoms with Crippen LogP contribution in [0.25, 0.3) is 11.1 Å². The quantitative estimate of drug-likeness (QED) is 0.851. The van der Waals surface area contributed by atoms with Crippen LogP contribution in [-0.4, -0.2) is 16.5 Å². The predicted molar refractivity (Wildman–Crippen MR) is 104 cm³/mol. The molecule has 3 unspecified atom stereocenters. The summed E-state index contributed by atoms with van der Waals surface area (Å²) in [5.74, 6) is 2.32. The largest absolute Gasteiger partial charge is 0.379 e. The predicted octanol–water partition coefficient (Wildman–Crippen LogP) is 5.06. The highest BCUT2D eigenvalue weighted by molar-refractivity contribution is 8.13. The van der Waals surface area contributed by atoms with Crippen LogP contribution in [0.15, 0.2) is 59.6 Å². The summed E-state index contributed by atoms with van der Waals surface area (Å²) in [6, 6.07) is 19.7. The molecule has 24 heavy (non-hydrogen) atoms. The van der Waals surface area contributed by atoms with Crippen LogP contribution < -0.4 is 5.73 Å². The molecule has 0 saturated heterocycles. The van der Waals surface area contributed by atoms with Crippen molar-refractivity contribution >= 4 is 16.9 Å². The minimum absolute atomic E-state index is 0.0149. The summed E-state index contributed by atoms with van der Waals surface area (Å²) >= 11 is 1.70. The first-order valence-electron chi connectivity index (χ1n) is 8.79. The minimum atomic E-state index is 0.0149. The molecule has 0 amide bonds. The second-order valence-electron chi connectivity index (χ2n) is 7.19. The molecule has 1 heterocycles. The van der Waals surface area contributed by atoms with Crippen LogP contribution in [0.2, 0.25) is 0 Å². The van der Waals surface area contributed by atoms with Crippen molar-refractivity contribution in [1.82, 2.24) is 0 Å². The SMILES string of the molecule is CC1(C2CCC2c2cccc(-c3ccccc3)c2)CCSC(N)=N1. The summed E-state index contributed by atoms with van der Waals surface area (Å²) in [5, 5.41) is 0.771. The number of amidine groups is 1. The number of nitrogens with two attached hydrogens (primary N) is 1. The van der Waals surface area contributed by atoms with E-state index in [9.17, 15) is 0 Å². The Morgan fingerprint density at radius 3 is 2.54 bits per heavy atom. The highest BCUT2D eigenvalue weighted by Gasteiger charge is 2.46. The van der Waals surface area contributed by atoms with E-state index in [1.54, 1.807) is 11.8 Å². The summed E-state index contributed by atoms with van der Waals surface area (Å²) in [6.45, 7) is 2.30. The fourth-order valence-corrected chi connectivity index (χ4v) is 5.19. The van der Waals surface area contributed by atoms with Gasteiger partial charge >= 0.3 is 0 Å². The fraction of sp³-hybridized carbons (Fsp3) is 0.381. The van der Waals surface area contributed by atoms with Gasteiger partial charge in [0.25, 0.3) is 0 Å². The highest BCUT2D eigenvalue weighted by Crippen LogP contribution is 2.52. The number of hydrogen-bond donors (Lipinski definition) is 1. The van der Waals surface area contributed by atoms with Crippen LogP contribution >= 0.6 is 11.8 Å². The summed E-state index contributed by atoms with van der Waals surface area (Å²) in [4.78, 5) is 4.85. The number of hydrogen-bond acceptors (Lipinski definition) is 3. The van der Waals surface area contributed by atoms with E-state index in [0.717, 1.165) is 17.3 Å². The van der Waals surface area contributed by atoms with Crippen molar-refractivity contribution in [2.24, 2.45) is 16.6 Å². The normalized spacial score (nSPS) is 29.6. The fourth-order valence-electron chi connectivity index (χ4n) is 4.19. The Morgan fingerprint density at radius 1 is 1.04 bits per heavy atom. The summed E-state index contributed by atoms with van der Waals surface area (Å²) < 4.78 is 0. The van der Waals surface area contributed by atoms with Gasteiger partial charge in [0.05, 0.1) is 5.54 Å². The van der Waals surface area contributed by atoms with E-state index in [2.05, 4.69) is 61.5 Å². The van der Waals surface area contributed by atoms with Crippen LogP contribution in [0.1, 0.15) is 37.7 Å². The lowest BCUT2D eigenvalue weighted by atomic mass is 9.61. The summed E-state index contributed by atoms with van der Waals surface area (Å²) in [6.07, 6.45) is 3.66. The summed E-state index contributed by atoms with van der Waals surface area (Å²) in [7, 11) is 0. The highest BCUT2D eigenvalue weighted by atomic mass is 32.2. The average molecular weight is 337 g/mol. The molecule has 2 aromatic rings. The second-order valence-corrected chi connectivity index (χ2v) is 8.30. The van der Waals surface area contributed by atoms with Crippen LogP contribution in [0.4, 0.5) is 0 Å². The first kappa shape index (κ1) is 15.8. The molecule has 2 aliphatic rings. The Kier molecular flexibility index (Phi) is 4.13. The molecule has 2 aromatic carbocycles. The average Bonchev–Trinajstić information content (AvgIpc) is 2.54. The van der Waals surface area contributed by atoms with Gasteiger partial charge in [-0.2, -0.15) is 0 Å². The zero-order valence-corrected chi connectivity index (χ0v) is 14.9. The van der Waals surface area contributed by atoms with Gasteiger partial charge < -0.3 is 5.73 Å². The van der Waals surface area contributed by atoms with Crippen LogP contribution in [-0.2, 0) is 0 Å². The van der Waals surface area contributed by atoms with Crippen molar-refractivity contribution < 1.29 is 0 Å². The number of aliphatic imine (C=N–C) groups is 1. The minimum Gasteiger partial charge on any atom is -0.379 e. The molecule has 3 atom stereocenters. The second kappa shape index (κ2) is 6.29. The van der Waals surface area contributed by atoms with Gasteiger partial charge in [-0.15, -0.1) is 0 Å². The molecule has 0 spiro atoms. The van der Waals surface area contributed by atoms with Crippen LogP contribution in [0, 0.1) is 5.92 Å². The molecule has 1 aliphatic carbocycles. The zero-order chi connectivity index (χ0) is 16.6. The molecule has 1 aliphatic heterocycles. The molecule has 2 N–H and O–H groups in total. The van der Waals surface area contributed by atoms with Crippen molar-refractivity contribution in [3.05, 3.63) is 60.2 Å². The number of benzene rings is 2. The number of rotatable bonds is 3. The van der Waals surface area contributed by atoms with E-state index >= 15 is 0 Å². The molecule has 2 nitrogen and oxygen atoms in total. The van der Waals surface area contributed by atoms with Gasteiger partial charge in [0, 0.05) is 5.75 Å². The molecular weight excluding hydrogens is 312 g/mol. The van der Waals surface area contributed by atoms with Gasteiger partial charge in [-0.1, -0.05) is 66.4 Å². The van der Waals surface area contributed by atoms with E-state index in [1.165, 1.54) is 29.5 Å². The lowest BCUT2D eigenvalue weighted by Crippen LogP contribution is -2.45. The van der Waals surface area contributed by atoms with E-state index in [-0.39, 0.29) is 5.54 Å². The van der Waals surface area contributed by atoms with Gasteiger partial charge in [-0.05, 0) is 54.7 Å². The van der Waals surface area contributed by atoms with E-state index < -0.39 is 0 Å². The van der Waals surface area contributed by atoms with Crippen molar-refractivity contribution in [2.45, 2.75) is 37.6 Å². The lowest BCUT2D eigenvalue weighted by Gasteiger charge is -2.48. The van der Waals surface area contributed by atoms with Crippen molar-refractivity contribution in [3.63, 3.8) is 0 Å². The van der Waals surface area contributed by atoms with Crippen molar-refractivity contribution in [3.8, 4) is 11.1 Å². The third kappa shape index (κ3) is 2.86. The Hall–Kier alpha value is -1.74. The van der Waals surface area contributed by atoms with Gasteiger partial charge in [0.15, 0.2) is 5.17 Å². The molecule has 0 aromatic heterocycles. The lowest BCUT2D eigenvalue weighted by molar-refractivity contribution is 0.142.